The second kappa shape index (κ2) is 5.95. The summed E-state index contributed by atoms with van der Waals surface area (Å²) in [5, 5.41) is 0. The number of aryl methyl sites for hydroxylation is 4. The van der Waals surface area contributed by atoms with Crippen LogP contribution in [0.3, 0.4) is 0 Å². The monoisotopic (exact) mass is 355 g/mol. The van der Waals surface area contributed by atoms with E-state index < -0.39 is 0 Å². The van der Waals surface area contributed by atoms with Crippen LogP contribution in [0.1, 0.15) is 28.7 Å². The summed E-state index contributed by atoms with van der Waals surface area (Å²) in [7, 11) is 0. The average molecular weight is 355 g/mol. The normalized spacial score (nSPS) is 13.3. The van der Waals surface area contributed by atoms with Gasteiger partial charge in [0.15, 0.2) is 0 Å². The molecule has 0 atom stereocenters. The van der Waals surface area contributed by atoms with E-state index in [1.54, 1.807) is 4.57 Å². The van der Waals surface area contributed by atoms with Crippen LogP contribution in [0.25, 0.3) is 22.6 Å². The van der Waals surface area contributed by atoms with Crippen molar-refractivity contribution in [1.29, 1.82) is 0 Å². The third-order valence-corrected chi connectivity index (χ3v) is 5.54. The third-order valence-electron chi connectivity index (χ3n) is 5.54. The van der Waals surface area contributed by atoms with E-state index in [0.717, 1.165) is 35.3 Å². The second-order valence-electron chi connectivity index (χ2n) is 7.46. The van der Waals surface area contributed by atoms with Gasteiger partial charge in [-0.15, -0.1) is 0 Å². The molecular weight excluding hydrogens is 334 g/mol. The minimum Gasteiger partial charge on any atom is -0.300 e. The largest absolute Gasteiger partial charge is 0.300 e. The minimum atomic E-state index is -0.0912. The Bertz CT molecular complexity index is 1250. The molecule has 0 unspecified atom stereocenters. The fraction of sp³-hybridized carbons (Fsp3) is 0.217. The van der Waals surface area contributed by atoms with Gasteiger partial charge in [0.05, 0.1) is 5.69 Å². The molecule has 1 aliphatic rings. The minimum absolute atomic E-state index is 0.0912. The summed E-state index contributed by atoms with van der Waals surface area (Å²) in [4.78, 5) is 17.8. The number of nitrogens with zero attached hydrogens (tertiary/aromatic N) is 3. The molecule has 0 amide bonds. The molecule has 0 saturated heterocycles. The molecule has 4 aromatic rings. The van der Waals surface area contributed by atoms with Crippen LogP contribution in [0.5, 0.6) is 0 Å². The molecule has 2 aromatic carbocycles. The molecule has 2 aromatic heterocycles. The molecule has 0 N–H and O–H groups in total. The number of imidazole rings is 1. The number of aromatic nitrogens is 3. The predicted molar refractivity (Wildman–Crippen MR) is 108 cm³/mol. The van der Waals surface area contributed by atoms with Crippen LogP contribution in [0.4, 0.5) is 0 Å². The van der Waals surface area contributed by atoms with Crippen LogP contribution < -0.4 is 5.56 Å². The smallest absolute Gasteiger partial charge is 0.298 e. The molecule has 0 fully saturated rings. The van der Waals surface area contributed by atoms with Crippen molar-refractivity contribution in [2.24, 2.45) is 0 Å². The lowest BCUT2D eigenvalue weighted by atomic mass is 10.0. The van der Waals surface area contributed by atoms with Gasteiger partial charge in [-0.25, -0.2) is 4.98 Å². The fourth-order valence-electron chi connectivity index (χ4n) is 4.12. The summed E-state index contributed by atoms with van der Waals surface area (Å²) in [6.45, 7) is 4.16. The van der Waals surface area contributed by atoms with E-state index in [0.29, 0.717) is 5.65 Å². The van der Waals surface area contributed by atoms with Crippen LogP contribution >= 0.6 is 0 Å². The SMILES string of the molecule is Cc1ccc(-c2cn3ccn(-c4ccc5c(c4)CCC5)c(=O)c3n2)c(C)c1. The van der Waals surface area contributed by atoms with Gasteiger partial charge in [-0.2, -0.15) is 0 Å². The zero-order chi connectivity index (χ0) is 18.5. The molecule has 4 nitrogen and oxygen atoms in total. The van der Waals surface area contributed by atoms with E-state index in [9.17, 15) is 4.79 Å². The van der Waals surface area contributed by atoms with Crippen LogP contribution in [0.2, 0.25) is 0 Å². The van der Waals surface area contributed by atoms with Crippen molar-refractivity contribution in [3.8, 4) is 16.9 Å². The Morgan fingerprint density at radius 1 is 0.963 bits per heavy atom. The summed E-state index contributed by atoms with van der Waals surface area (Å²) in [6, 6.07) is 12.6. The summed E-state index contributed by atoms with van der Waals surface area (Å²) in [6.07, 6.45) is 9.11. The van der Waals surface area contributed by atoms with Gasteiger partial charge in [0.1, 0.15) is 0 Å². The molecule has 2 heterocycles. The Hall–Kier alpha value is -3.14. The molecular formula is C23H21N3O. The van der Waals surface area contributed by atoms with Crippen molar-refractivity contribution in [3.63, 3.8) is 0 Å². The number of hydrogen-bond acceptors (Lipinski definition) is 2. The number of rotatable bonds is 2. The Morgan fingerprint density at radius 2 is 1.81 bits per heavy atom. The van der Waals surface area contributed by atoms with Gasteiger partial charge in [0, 0.05) is 29.8 Å². The molecule has 0 spiro atoms. The molecule has 0 radical (unpaired) electrons. The van der Waals surface area contributed by atoms with E-state index in [1.807, 2.05) is 29.1 Å². The first kappa shape index (κ1) is 16.1. The second-order valence-corrected chi connectivity index (χ2v) is 7.46. The van der Waals surface area contributed by atoms with Crippen molar-refractivity contribution in [3.05, 3.63) is 87.6 Å². The standard InChI is InChI=1S/C23H21N3O/c1-15-6-9-20(16(2)12-15)21-14-25-10-11-26(23(27)22(25)24-21)19-8-7-17-4-3-5-18(17)13-19/h6-14H,3-5H2,1-2H3. The zero-order valence-corrected chi connectivity index (χ0v) is 15.6. The summed E-state index contributed by atoms with van der Waals surface area (Å²) < 4.78 is 3.52. The van der Waals surface area contributed by atoms with Crippen molar-refractivity contribution < 1.29 is 0 Å². The topological polar surface area (TPSA) is 39.3 Å². The van der Waals surface area contributed by atoms with E-state index >= 15 is 0 Å². The van der Waals surface area contributed by atoms with E-state index in [-0.39, 0.29) is 5.56 Å². The highest BCUT2D eigenvalue weighted by molar-refractivity contribution is 5.66. The molecule has 27 heavy (non-hydrogen) atoms. The van der Waals surface area contributed by atoms with Gasteiger partial charge in [0.2, 0.25) is 5.65 Å². The first-order valence-corrected chi connectivity index (χ1v) is 9.40. The van der Waals surface area contributed by atoms with Gasteiger partial charge in [-0.1, -0.05) is 29.8 Å². The highest BCUT2D eigenvalue weighted by atomic mass is 16.1. The fourth-order valence-corrected chi connectivity index (χ4v) is 4.12. The van der Waals surface area contributed by atoms with E-state index in [1.165, 1.54) is 23.1 Å². The molecule has 0 saturated carbocycles. The highest BCUT2D eigenvalue weighted by Gasteiger charge is 2.14. The van der Waals surface area contributed by atoms with Crippen molar-refractivity contribution in [2.45, 2.75) is 33.1 Å². The highest BCUT2D eigenvalue weighted by Crippen LogP contribution is 2.25. The Labute approximate surface area is 157 Å². The first-order chi connectivity index (χ1) is 13.1. The quantitative estimate of drug-likeness (QED) is 0.539. The third kappa shape index (κ3) is 2.60. The van der Waals surface area contributed by atoms with Crippen LogP contribution in [-0.4, -0.2) is 14.0 Å². The van der Waals surface area contributed by atoms with Gasteiger partial charge in [0.25, 0.3) is 5.56 Å². The van der Waals surface area contributed by atoms with Gasteiger partial charge in [-0.3, -0.25) is 9.36 Å². The summed E-state index contributed by atoms with van der Waals surface area (Å²) in [5.41, 5.74) is 8.32. The zero-order valence-electron chi connectivity index (χ0n) is 15.6. The Kier molecular flexibility index (Phi) is 3.54. The summed E-state index contributed by atoms with van der Waals surface area (Å²) >= 11 is 0. The van der Waals surface area contributed by atoms with Crippen molar-refractivity contribution >= 4 is 5.65 Å². The van der Waals surface area contributed by atoms with Gasteiger partial charge in [-0.05, 0) is 61.9 Å². The lowest BCUT2D eigenvalue weighted by molar-refractivity contribution is 0.910. The maximum Gasteiger partial charge on any atom is 0.298 e. The molecule has 5 rings (SSSR count). The lowest BCUT2D eigenvalue weighted by Crippen LogP contribution is -2.20. The van der Waals surface area contributed by atoms with Crippen LogP contribution in [0, 0.1) is 13.8 Å². The number of benzene rings is 2. The van der Waals surface area contributed by atoms with E-state index in [2.05, 4.69) is 49.2 Å². The maximum absolute atomic E-state index is 13.1. The summed E-state index contributed by atoms with van der Waals surface area (Å²) in [5.74, 6) is 0. The first-order valence-electron chi connectivity index (χ1n) is 9.40. The molecule has 4 heteroatoms. The number of fused-ring (bicyclic) bond motifs is 2. The predicted octanol–water partition coefficient (Wildman–Crippen LogP) is 4.26. The molecule has 0 bridgehead atoms. The Balaban J connectivity index is 1.65. The van der Waals surface area contributed by atoms with Gasteiger partial charge >= 0.3 is 0 Å². The maximum atomic E-state index is 13.1. The van der Waals surface area contributed by atoms with Crippen LogP contribution in [0.15, 0.2) is 59.8 Å². The van der Waals surface area contributed by atoms with Gasteiger partial charge < -0.3 is 4.40 Å². The van der Waals surface area contributed by atoms with Crippen LogP contribution in [-0.2, 0) is 12.8 Å². The van der Waals surface area contributed by atoms with Crippen molar-refractivity contribution in [2.75, 3.05) is 0 Å². The van der Waals surface area contributed by atoms with E-state index in [4.69, 9.17) is 0 Å². The average Bonchev–Trinajstić information content (AvgIpc) is 3.28. The molecule has 0 aliphatic heterocycles. The van der Waals surface area contributed by atoms with Crippen molar-refractivity contribution in [1.82, 2.24) is 14.0 Å². The number of hydrogen-bond donors (Lipinski definition) is 0. The molecule has 1 aliphatic carbocycles. The lowest BCUT2D eigenvalue weighted by Gasteiger charge is -2.08. The Morgan fingerprint density at radius 3 is 2.67 bits per heavy atom. The molecule has 134 valence electrons.